The second kappa shape index (κ2) is 27.4. The van der Waals surface area contributed by atoms with Crippen LogP contribution in [0.1, 0.15) is 178 Å². The van der Waals surface area contributed by atoms with E-state index in [-0.39, 0.29) is 13.2 Å². The molecule has 230 valence electrons. The lowest BCUT2D eigenvalue weighted by Crippen LogP contribution is -2.03. The van der Waals surface area contributed by atoms with Crippen LogP contribution in [0, 0.1) is 0 Å². The van der Waals surface area contributed by atoms with E-state index in [1.54, 1.807) is 0 Å². The van der Waals surface area contributed by atoms with Crippen LogP contribution in [0.25, 0.3) is 0 Å². The molecule has 4 nitrogen and oxygen atoms in total. The van der Waals surface area contributed by atoms with Gasteiger partial charge in [0.15, 0.2) is 11.5 Å². The summed E-state index contributed by atoms with van der Waals surface area (Å²) < 4.78 is 12.2. The molecule has 1 aromatic rings. The van der Waals surface area contributed by atoms with Gasteiger partial charge in [-0.15, -0.1) is 11.3 Å². The smallest absolute Gasteiger partial charge is 0.177 e. The molecule has 0 fully saturated rings. The topological polar surface area (TPSA) is 58.9 Å². The number of aliphatic hydroxyl groups excluding tert-OH is 2. The fourth-order valence-corrected chi connectivity index (χ4v) is 6.14. The first-order valence-corrected chi connectivity index (χ1v) is 17.7. The van der Waals surface area contributed by atoms with E-state index < -0.39 is 0 Å². The molecule has 1 aromatic heterocycles. The third kappa shape index (κ3) is 19.1. The standard InChI is InChI=1S/C34H64O4S/c1-3-5-7-9-11-13-15-17-19-21-23-25-27-37-33-31(29-35)39-32(30-36)34(33)38-28-26-24-22-20-18-16-14-12-10-8-6-4-2/h35-36H,3-30H2,1-2H3. The van der Waals surface area contributed by atoms with Crippen LogP contribution < -0.4 is 9.47 Å². The lowest BCUT2D eigenvalue weighted by molar-refractivity contribution is 0.236. The predicted octanol–water partition coefficient (Wildman–Crippen LogP) is 10.9. The Bertz CT molecular complexity index is 593. The molecule has 5 heteroatoms. The van der Waals surface area contributed by atoms with E-state index in [0.717, 1.165) is 22.6 Å². The van der Waals surface area contributed by atoms with Gasteiger partial charge in [0.2, 0.25) is 0 Å². The number of hydrogen-bond donors (Lipinski definition) is 2. The van der Waals surface area contributed by atoms with E-state index >= 15 is 0 Å². The Labute approximate surface area is 246 Å². The van der Waals surface area contributed by atoms with Gasteiger partial charge in [0, 0.05) is 0 Å². The summed E-state index contributed by atoms with van der Waals surface area (Å²) in [5, 5.41) is 19.7. The highest BCUT2D eigenvalue weighted by atomic mass is 32.1. The normalized spacial score (nSPS) is 11.4. The molecule has 0 atom stereocenters. The summed E-state index contributed by atoms with van der Waals surface area (Å²) in [5.74, 6) is 1.32. The summed E-state index contributed by atoms with van der Waals surface area (Å²) in [7, 11) is 0. The highest BCUT2D eigenvalue weighted by Crippen LogP contribution is 2.43. The van der Waals surface area contributed by atoms with Crippen molar-refractivity contribution >= 4 is 11.3 Å². The Morgan fingerprint density at radius 1 is 0.410 bits per heavy atom. The van der Waals surface area contributed by atoms with Crippen molar-refractivity contribution in [2.45, 2.75) is 181 Å². The highest BCUT2D eigenvalue weighted by molar-refractivity contribution is 7.12. The maximum Gasteiger partial charge on any atom is 0.177 e. The zero-order chi connectivity index (χ0) is 28.2. The lowest BCUT2D eigenvalue weighted by atomic mass is 10.1. The zero-order valence-electron chi connectivity index (χ0n) is 25.9. The Morgan fingerprint density at radius 3 is 0.923 bits per heavy atom. The number of rotatable bonds is 30. The molecule has 0 unspecified atom stereocenters. The first kappa shape index (κ1) is 36.2. The SMILES string of the molecule is CCCCCCCCCCCCCCOc1c(CO)sc(CO)c1OCCCCCCCCCCCCCC. The minimum Gasteiger partial charge on any atom is -0.488 e. The van der Waals surface area contributed by atoms with Crippen LogP contribution in [-0.2, 0) is 13.2 Å². The highest BCUT2D eigenvalue weighted by Gasteiger charge is 2.20. The molecule has 0 aromatic carbocycles. The Morgan fingerprint density at radius 2 is 0.667 bits per heavy atom. The van der Waals surface area contributed by atoms with Crippen molar-refractivity contribution in [3.63, 3.8) is 0 Å². The number of thiophene rings is 1. The third-order valence-electron chi connectivity index (χ3n) is 7.73. The monoisotopic (exact) mass is 568 g/mol. The molecule has 0 bridgehead atoms. The van der Waals surface area contributed by atoms with Gasteiger partial charge >= 0.3 is 0 Å². The molecule has 0 amide bonds. The van der Waals surface area contributed by atoms with E-state index in [1.807, 2.05) is 0 Å². The zero-order valence-corrected chi connectivity index (χ0v) is 26.7. The summed E-state index contributed by atoms with van der Waals surface area (Å²) >= 11 is 1.41. The summed E-state index contributed by atoms with van der Waals surface area (Å²) in [4.78, 5) is 1.53. The molecule has 0 radical (unpaired) electrons. The summed E-state index contributed by atoms with van der Waals surface area (Å²) in [6, 6.07) is 0. The Balaban J connectivity index is 2.16. The number of unbranched alkanes of at least 4 members (excludes halogenated alkanes) is 22. The number of ether oxygens (including phenoxy) is 2. The van der Waals surface area contributed by atoms with Crippen molar-refractivity contribution in [3.8, 4) is 11.5 Å². The Kier molecular flexibility index (Phi) is 25.5. The fraction of sp³-hybridized carbons (Fsp3) is 0.882. The summed E-state index contributed by atoms with van der Waals surface area (Å²) in [6.45, 7) is 5.68. The summed E-state index contributed by atoms with van der Waals surface area (Å²) in [6.07, 6.45) is 31.7. The van der Waals surface area contributed by atoms with Gasteiger partial charge in [0.1, 0.15) is 0 Å². The molecule has 0 aliphatic carbocycles. The molecule has 1 rings (SSSR count). The van der Waals surface area contributed by atoms with Crippen LogP contribution in [-0.4, -0.2) is 23.4 Å². The minimum atomic E-state index is -0.0760. The van der Waals surface area contributed by atoms with Gasteiger partial charge < -0.3 is 19.7 Å². The largest absolute Gasteiger partial charge is 0.488 e. The first-order chi connectivity index (χ1) is 19.3. The molecule has 1 heterocycles. The van der Waals surface area contributed by atoms with Crippen molar-refractivity contribution in [1.29, 1.82) is 0 Å². The predicted molar refractivity (Wildman–Crippen MR) is 169 cm³/mol. The van der Waals surface area contributed by atoms with E-state index in [1.165, 1.54) is 153 Å². The number of aliphatic hydroxyl groups is 2. The quantitative estimate of drug-likeness (QED) is 0.0906. The molecular formula is C34H64O4S. The van der Waals surface area contributed by atoms with Crippen LogP contribution in [0.4, 0.5) is 0 Å². The van der Waals surface area contributed by atoms with Crippen LogP contribution in [0.2, 0.25) is 0 Å². The average Bonchev–Trinajstić information content (AvgIpc) is 3.30. The molecule has 0 saturated carbocycles. The molecular weight excluding hydrogens is 504 g/mol. The van der Waals surface area contributed by atoms with Crippen molar-refractivity contribution in [3.05, 3.63) is 9.75 Å². The molecule has 0 aliphatic heterocycles. The van der Waals surface area contributed by atoms with Crippen molar-refractivity contribution in [2.75, 3.05) is 13.2 Å². The van der Waals surface area contributed by atoms with Gasteiger partial charge in [-0.1, -0.05) is 155 Å². The molecule has 2 N–H and O–H groups in total. The molecule has 0 aliphatic rings. The van der Waals surface area contributed by atoms with Gasteiger partial charge in [-0.25, -0.2) is 0 Å². The molecule has 0 spiro atoms. The maximum absolute atomic E-state index is 9.83. The maximum atomic E-state index is 9.83. The van der Waals surface area contributed by atoms with Gasteiger partial charge in [-0.05, 0) is 12.8 Å². The number of hydrogen-bond acceptors (Lipinski definition) is 5. The van der Waals surface area contributed by atoms with Crippen molar-refractivity contribution < 1.29 is 19.7 Å². The minimum absolute atomic E-state index is 0.0760. The summed E-state index contributed by atoms with van der Waals surface area (Å²) in [5.41, 5.74) is 0. The van der Waals surface area contributed by atoms with Crippen LogP contribution in [0.15, 0.2) is 0 Å². The second-order valence-corrected chi connectivity index (χ2v) is 12.6. The first-order valence-electron chi connectivity index (χ1n) is 16.9. The van der Waals surface area contributed by atoms with Gasteiger partial charge in [-0.2, -0.15) is 0 Å². The van der Waals surface area contributed by atoms with Crippen LogP contribution in [0.5, 0.6) is 11.5 Å². The van der Waals surface area contributed by atoms with Crippen LogP contribution >= 0.6 is 11.3 Å². The van der Waals surface area contributed by atoms with Gasteiger partial charge in [0.25, 0.3) is 0 Å². The fourth-order valence-electron chi connectivity index (χ4n) is 5.23. The third-order valence-corrected chi connectivity index (χ3v) is 8.86. The molecule has 0 saturated heterocycles. The van der Waals surface area contributed by atoms with E-state index in [4.69, 9.17) is 9.47 Å². The van der Waals surface area contributed by atoms with Crippen molar-refractivity contribution in [2.24, 2.45) is 0 Å². The van der Waals surface area contributed by atoms with Gasteiger partial charge in [0.05, 0.1) is 36.2 Å². The second-order valence-electron chi connectivity index (χ2n) is 11.4. The van der Waals surface area contributed by atoms with Crippen LogP contribution in [0.3, 0.4) is 0 Å². The van der Waals surface area contributed by atoms with E-state index in [9.17, 15) is 10.2 Å². The van der Waals surface area contributed by atoms with E-state index in [2.05, 4.69) is 13.8 Å². The lowest BCUT2D eigenvalue weighted by Gasteiger charge is -2.12. The van der Waals surface area contributed by atoms with Crippen molar-refractivity contribution in [1.82, 2.24) is 0 Å². The van der Waals surface area contributed by atoms with E-state index in [0.29, 0.717) is 24.7 Å². The Hall–Kier alpha value is -0.780. The molecule has 39 heavy (non-hydrogen) atoms. The van der Waals surface area contributed by atoms with Gasteiger partial charge in [-0.3, -0.25) is 0 Å². The average molecular weight is 569 g/mol.